The minimum atomic E-state index is -0.165. The zero-order valence-corrected chi connectivity index (χ0v) is 12.5. The summed E-state index contributed by atoms with van der Waals surface area (Å²) in [7, 11) is 1.50. The molecule has 2 aromatic rings. The summed E-state index contributed by atoms with van der Waals surface area (Å²) in [5, 5.41) is 10.1. The molecule has 0 unspecified atom stereocenters. The molecule has 4 nitrogen and oxygen atoms in total. The van der Waals surface area contributed by atoms with Gasteiger partial charge in [0.1, 0.15) is 28.6 Å². The van der Waals surface area contributed by atoms with Gasteiger partial charge in [-0.25, -0.2) is 0 Å². The third-order valence-electron chi connectivity index (χ3n) is 3.41. The van der Waals surface area contributed by atoms with Crippen LogP contribution in [-0.2, 0) is 6.42 Å². The van der Waals surface area contributed by atoms with E-state index in [1.54, 1.807) is 17.8 Å². The van der Waals surface area contributed by atoms with Gasteiger partial charge in [-0.1, -0.05) is 0 Å². The number of carbonyl (C=O) groups is 1. The van der Waals surface area contributed by atoms with Gasteiger partial charge in [0, 0.05) is 29.0 Å². The molecule has 5 heteroatoms. The first-order valence-electron chi connectivity index (χ1n) is 6.41. The van der Waals surface area contributed by atoms with E-state index in [9.17, 15) is 9.90 Å². The van der Waals surface area contributed by atoms with Crippen molar-refractivity contribution in [3.63, 3.8) is 0 Å². The van der Waals surface area contributed by atoms with E-state index in [0.717, 1.165) is 10.5 Å². The monoisotopic (exact) mass is 302 g/mol. The molecule has 0 fully saturated rings. The molecule has 0 aromatic heterocycles. The molecule has 0 atom stereocenters. The number of aromatic hydroxyl groups is 1. The minimum Gasteiger partial charge on any atom is -0.507 e. The number of Topliss-reactive ketones (excluding diaryl/α,β-unsaturated/α-hetero) is 1. The van der Waals surface area contributed by atoms with Crippen LogP contribution in [0.2, 0.25) is 0 Å². The van der Waals surface area contributed by atoms with Crippen molar-refractivity contribution < 1.29 is 19.4 Å². The van der Waals surface area contributed by atoms with Crippen molar-refractivity contribution in [2.75, 3.05) is 13.4 Å². The highest BCUT2D eigenvalue weighted by Crippen LogP contribution is 2.41. The molecule has 0 bridgehead atoms. The number of thioether (sulfide) groups is 1. The molecule has 0 radical (unpaired) electrons. The zero-order valence-electron chi connectivity index (χ0n) is 11.7. The number of rotatable bonds is 2. The summed E-state index contributed by atoms with van der Waals surface area (Å²) in [5.41, 5.74) is 1.03. The number of methoxy groups -OCH3 is 1. The Morgan fingerprint density at radius 3 is 2.76 bits per heavy atom. The number of hydrogen-bond donors (Lipinski definition) is 1. The fraction of sp³-hybridized carbons (Fsp3) is 0.188. The summed E-state index contributed by atoms with van der Waals surface area (Å²) in [6.07, 6.45) is 2.18. The van der Waals surface area contributed by atoms with E-state index < -0.39 is 0 Å². The number of ether oxygens (including phenoxy) is 2. The molecule has 0 saturated carbocycles. The Morgan fingerprint density at radius 2 is 2.05 bits per heavy atom. The van der Waals surface area contributed by atoms with E-state index in [1.165, 1.54) is 13.2 Å². The maximum atomic E-state index is 12.4. The Morgan fingerprint density at radius 1 is 1.24 bits per heavy atom. The Labute approximate surface area is 126 Å². The third kappa shape index (κ3) is 2.45. The summed E-state index contributed by atoms with van der Waals surface area (Å²) < 4.78 is 10.9. The topological polar surface area (TPSA) is 55.8 Å². The Hall–Kier alpha value is -2.14. The molecular formula is C16H14O4S. The molecular weight excluding hydrogens is 288 g/mol. The quantitative estimate of drug-likeness (QED) is 0.858. The maximum absolute atomic E-state index is 12.4. The molecule has 1 aliphatic heterocycles. The van der Waals surface area contributed by atoms with Crippen molar-refractivity contribution in [2.45, 2.75) is 11.3 Å². The first kappa shape index (κ1) is 13.8. The molecule has 108 valence electrons. The van der Waals surface area contributed by atoms with Crippen LogP contribution in [0.15, 0.2) is 35.2 Å². The molecule has 3 rings (SSSR count). The first-order valence-corrected chi connectivity index (χ1v) is 7.64. The Balaban J connectivity index is 2.14. The van der Waals surface area contributed by atoms with Gasteiger partial charge in [0.15, 0.2) is 5.78 Å². The normalized spacial score (nSPS) is 13.0. The van der Waals surface area contributed by atoms with Crippen LogP contribution in [0.25, 0.3) is 0 Å². The standard InChI is InChI=1S/C16H14O4S/c1-19-10-7-13(18)16-12(17)6-9-5-11(21-2)3-4-14(9)20-15(16)8-10/h3-5,7-8,18H,6H2,1-2H3. The lowest BCUT2D eigenvalue weighted by atomic mass is 10.0. The van der Waals surface area contributed by atoms with Gasteiger partial charge in [0.25, 0.3) is 0 Å². The number of phenolic OH excluding ortho intramolecular Hbond substituents is 1. The van der Waals surface area contributed by atoms with Gasteiger partial charge < -0.3 is 14.6 Å². The van der Waals surface area contributed by atoms with E-state index in [4.69, 9.17) is 9.47 Å². The fourth-order valence-electron chi connectivity index (χ4n) is 2.36. The van der Waals surface area contributed by atoms with E-state index in [1.807, 2.05) is 24.5 Å². The highest BCUT2D eigenvalue weighted by molar-refractivity contribution is 7.98. The lowest BCUT2D eigenvalue weighted by Crippen LogP contribution is -2.02. The third-order valence-corrected chi connectivity index (χ3v) is 4.13. The smallest absolute Gasteiger partial charge is 0.174 e. The highest BCUT2D eigenvalue weighted by atomic mass is 32.2. The first-order chi connectivity index (χ1) is 10.1. The summed E-state index contributed by atoms with van der Waals surface area (Å²) in [4.78, 5) is 13.5. The molecule has 1 N–H and O–H groups in total. The SMILES string of the molecule is COc1cc(O)c2c(c1)Oc1ccc(SC)cc1CC2=O. The maximum Gasteiger partial charge on any atom is 0.174 e. The van der Waals surface area contributed by atoms with Crippen molar-refractivity contribution in [1.29, 1.82) is 0 Å². The molecule has 1 heterocycles. The predicted molar refractivity (Wildman–Crippen MR) is 81.0 cm³/mol. The summed E-state index contributed by atoms with van der Waals surface area (Å²) in [6, 6.07) is 8.77. The molecule has 21 heavy (non-hydrogen) atoms. The van der Waals surface area contributed by atoms with E-state index in [0.29, 0.717) is 17.2 Å². The van der Waals surface area contributed by atoms with Crippen LogP contribution in [0.1, 0.15) is 15.9 Å². The second kappa shape index (κ2) is 5.33. The van der Waals surface area contributed by atoms with Gasteiger partial charge in [0.05, 0.1) is 7.11 Å². The van der Waals surface area contributed by atoms with E-state index in [2.05, 4.69) is 0 Å². The van der Waals surface area contributed by atoms with Crippen LogP contribution in [0.3, 0.4) is 0 Å². The number of fused-ring (bicyclic) bond motifs is 2. The van der Waals surface area contributed by atoms with Gasteiger partial charge in [-0.2, -0.15) is 0 Å². The summed E-state index contributed by atoms with van der Waals surface area (Å²) in [6.45, 7) is 0. The molecule has 0 aliphatic carbocycles. The summed E-state index contributed by atoms with van der Waals surface area (Å²) >= 11 is 1.61. The molecule has 2 aromatic carbocycles. The van der Waals surface area contributed by atoms with E-state index in [-0.39, 0.29) is 23.5 Å². The van der Waals surface area contributed by atoms with Gasteiger partial charge in [-0.3, -0.25) is 4.79 Å². The van der Waals surface area contributed by atoms with Crippen molar-refractivity contribution in [2.24, 2.45) is 0 Å². The van der Waals surface area contributed by atoms with Gasteiger partial charge >= 0.3 is 0 Å². The average molecular weight is 302 g/mol. The van der Waals surface area contributed by atoms with Crippen molar-refractivity contribution in [1.82, 2.24) is 0 Å². The Kier molecular flexibility index (Phi) is 3.51. The second-order valence-corrected chi connectivity index (χ2v) is 5.57. The number of ketones is 1. The largest absolute Gasteiger partial charge is 0.507 e. The zero-order chi connectivity index (χ0) is 15.0. The number of phenols is 1. The molecule has 0 spiro atoms. The second-order valence-electron chi connectivity index (χ2n) is 4.70. The summed E-state index contributed by atoms with van der Waals surface area (Å²) in [5.74, 6) is 1.12. The highest BCUT2D eigenvalue weighted by Gasteiger charge is 2.25. The van der Waals surface area contributed by atoms with Gasteiger partial charge in [-0.15, -0.1) is 11.8 Å². The molecule has 1 aliphatic rings. The minimum absolute atomic E-state index is 0.118. The predicted octanol–water partition coefficient (Wildman–Crippen LogP) is 3.65. The van der Waals surface area contributed by atoms with Crippen LogP contribution < -0.4 is 9.47 Å². The van der Waals surface area contributed by atoms with Crippen LogP contribution in [0.4, 0.5) is 0 Å². The Bertz CT molecular complexity index is 724. The van der Waals surface area contributed by atoms with Gasteiger partial charge in [0.2, 0.25) is 0 Å². The average Bonchev–Trinajstić information content (AvgIpc) is 2.61. The lowest BCUT2D eigenvalue weighted by molar-refractivity contribution is 0.0991. The van der Waals surface area contributed by atoms with Crippen LogP contribution in [0.5, 0.6) is 23.0 Å². The van der Waals surface area contributed by atoms with Crippen molar-refractivity contribution >= 4 is 17.5 Å². The fourth-order valence-corrected chi connectivity index (χ4v) is 2.82. The molecule has 0 amide bonds. The number of carbonyl (C=O) groups excluding carboxylic acids is 1. The van der Waals surface area contributed by atoms with Crippen molar-refractivity contribution in [3.8, 4) is 23.0 Å². The van der Waals surface area contributed by atoms with Gasteiger partial charge in [-0.05, 0) is 24.5 Å². The van der Waals surface area contributed by atoms with Crippen LogP contribution in [0, 0.1) is 0 Å². The number of benzene rings is 2. The van der Waals surface area contributed by atoms with Crippen molar-refractivity contribution in [3.05, 3.63) is 41.5 Å². The van der Waals surface area contributed by atoms with E-state index >= 15 is 0 Å². The van der Waals surface area contributed by atoms with Crippen LogP contribution >= 0.6 is 11.8 Å². The lowest BCUT2D eigenvalue weighted by Gasteiger charge is -2.11. The number of hydrogen-bond acceptors (Lipinski definition) is 5. The molecule has 0 saturated heterocycles. The van der Waals surface area contributed by atoms with Crippen LogP contribution in [-0.4, -0.2) is 24.3 Å².